The highest BCUT2D eigenvalue weighted by Crippen LogP contribution is 2.70. The molecule has 0 amide bonds. The van der Waals surface area contributed by atoms with Crippen molar-refractivity contribution in [3.63, 3.8) is 0 Å². The molecule has 0 radical (unpaired) electrons. The molecular formula is C14H24ClP. The van der Waals surface area contributed by atoms with E-state index in [2.05, 4.69) is 6.92 Å². The maximum atomic E-state index is 6.85. The zero-order chi connectivity index (χ0) is 11.2. The highest BCUT2D eigenvalue weighted by molar-refractivity contribution is 7.85. The first-order valence-corrected chi connectivity index (χ1v) is 9.58. The van der Waals surface area contributed by atoms with Crippen LogP contribution in [0.4, 0.5) is 0 Å². The second-order valence-corrected chi connectivity index (χ2v) is 9.93. The lowest BCUT2D eigenvalue weighted by atomic mass is 9.56. The van der Waals surface area contributed by atoms with Crippen LogP contribution in [0.5, 0.6) is 0 Å². The summed E-state index contributed by atoms with van der Waals surface area (Å²) in [5, 5.41) is 0.640. The molecule has 0 aromatic heterocycles. The summed E-state index contributed by atoms with van der Waals surface area (Å²) in [6.07, 6.45) is 13.1. The van der Waals surface area contributed by atoms with Gasteiger partial charge in [-0.05, 0) is 76.1 Å². The smallest absolute Gasteiger partial charge is 0.00516 e. The summed E-state index contributed by atoms with van der Waals surface area (Å²) in [5.41, 5.74) is 0. The zero-order valence-electron chi connectivity index (χ0n) is 10.4. The molecule has 0 N–H and O–H groups in total. The minimum Gasteiger partial charge on any atom is -0.0958 e. The van der Waals surface area contributed by atoms with E-state index in [-0.39, 0.29) is 7.27 Å². The Morgan fingerprint density at radius 3 is 2.00 bits per heavy atom. The molecule has 4 bridgehead atoms. The highest BCUT2D eigenvalue weighted by atomic mass is 35.7. The Bertz CT molecular complexity index is 228. The van der Waals surface area contributed by atoms with Crippen molar-refractivity contribution in [1.29, 1.82) is 0 Å². The number of halogens is 1. The van der Waals surface area contributed by atoms with Gasteiger partial charge in [0.25, 0.3) is 0 Å². The van der Waals surface area contributed by atoms with Crippen molar-refractivity contribution in [2.45, 2.75) is 63.4 Å². The average molecular weight is 259 g/mol. The van der Waals surface area contributed by atoms with E-state index in [1.807, 2.05) is 0 Å². The third-order valence-corrected chi connectivity index (χ3v) is 9.10. The molecule has 4 saturated carbocycles. The third kappa shape index (κ3) is 1.95. The summed E-state index contributed by atoms with van der Waals surface area (Å²) < 4.78 is 0. The van der Waals surface area contributed by atoms with E-state index in [1.165, 1.54) is 38.3 Å². The van der Waals surface area contributed by atoms with Crippen LogP contribution in [0, 0.1) is 17.8 Å². The molecule has 1 unspecified atom stereocenters. The minimum atomic E-state index is -0.188. The number of hydrogen-bond acceptors (Lipinski definition) is 0. The van der Waals surface area contributed by atoms with Crippen LogP contribution in [0.2, 0.25) is 0 Å². The molecule has 4 aliphatic rings. The van der Waals surface area contributed by atoms with Crippen LogP contribution < -0.4 is 0 Å². The first-order chi connectivity index (χ1) is 7.72. The summed E-state index contributed by atoms with van der Waals surface area (Å²) >= 11 is 6.85. The molecule has 0 nitrogen and oxygen atoms in total. The van der Waals surface area contributed by atoms with Crippen LogP contribution >= 0.6 is 18.5 Å². The van der Waals surface area contributed by atoms with Crippen LogP contribution in [0.15, 0.2) is 0 Å². The van der Waals surface area contributed by atoms with Crippen LogP contribution in [-0.4, -0.2) is 11.3 Å². The predicted octanol–water partition coefficient (Wildman–Crippen LogP) is 5.39. The average Bonchev–Trinajstić information content (AvgIpc) is 2.24. The number of unbranched alkanes of at least 4 members (excludes halogenated alkanes) is 1. The van der Waals surface area contributed by atoms with Crippen molar-refractivity contribution in [1.82, 2.24) is 0 Å². The van der Waals surface area contributed by atoms with Crippen molar-refractivity contribution in [2.24, 2.45) is 17.8 Å². The molecule has 4 rings (SSSR count). The molecule has 1 atom stereocenters. The van der Waals surface area contributed by atoms with Gasteiger partial charge in [0.05, 0.1) is 0 Å². The SMILES string of the molecule is CCCCP(Cl)C12CC3CC(CC(C3)C1)C2. The maximum absolute atomic E-state index is 6.85. The van der Waals surface area contributed by atoms with Gasteiger partial charge in [-0.15, -0.1) is 0 Å². The van der Waals surface area contributed by atoms with Crippen molar-refractivity contribution < 1.29 is 0 Å². The van der Waals surface area contributed by atoms with Crippen molar-refractivity contribution in [3.8, 4) is 0 Å². The molecule has 16 heavy (non-hydrogen) atoms. The lowest BCUT2D eigenvalue weighted by molar-refractivity contribution is 0.0363. The van der Waals surface area contributed by atoms with Crippen molar-refractivity contribution >= 4 is 18.5 Å². The Hall–Kier alpha value is 0.720. The molecular weight excluding hydrogens is 235 g/mol. The van der Waals surface area contributed by atoms with Gasteiger partial charge in [0.2, 0.25) is 0 Å². The summed E-state index contributed by atoms with van der Waals surface area (Å²) in [6, 6.07) is 0. The molecule has 0 aliphatic heterocycles. The summed E-state index contributed by atoms with van der Waals surface area (Å²) in [6.45, 7) is 2.29. The molecule has 0 spiro atoms. The summed E-state index contributed by atoms with van der Waals surface area (Å²) in [4.78, 5) is 0. The first kappa shape index (κ1) is 11.8. The van der Waals surface area contributed by atoms with E-state index in [1.54, 1.807) is 19.3 Å². The van der Waals surface area contributed by atoms with E-state index in [0.29, 0.717) is 5.16 Å². The van der Waals surface area contributed by atoms with Gasteiger partial charge >= 0.3 is 0 Å². The highest BCUT2D eigenvalue weighted by Gasteiger charge is 2.53. The van der Waals surface area contributed by atoms with E-state index in [0.717, 1.165) is 17.8 Å². The second-order valence-electron chi connectivity index (χ2n) is 6.58. The van der Waals surface area contributed by atoms with Crippen LogP contribution in [0.25, 0.3) is 0 Å². The van der Waals surface area contributed by atoms with Gasteiger partial charge in [-0.2, -0.15) is 0 Å². The zero-order valence-corrected chi connectivity index (χ0v) is 12.1. The Balaban J connectivity index is 1.72. The van der Waals surface area contributed by atoms with Gasteiger partial charge in [0.15, 0.2) is 0 Å². The molecule has 4 fully saturated rings. The molecule has 0 saturated heterocycles. The lowest BCUT2D eigenvalue weighted by Crippen LogP contribution is -2.49. The van der Waals surface area contributed by atoms with E-state index in [9.17, 15) is 0 Å². The fourth-order valence-corrected chi connectivity index (χ4v) is 8.31. The summed E-state index contributed by atoms with van der Waals surface area (Å²) in [5.74, 6) is 3.20. The molecule has 0 aromatic carbocycles. The lowest BCUT2D eigenvalue weighted by Gasteiger charge is -2.58. The van der Waals surface area contributed by atoms with Gasteiger partial charge in [0.1, 0.15) is 0 Å². The number of hydrogen-bond donors (Lipinski definition) is 0. The Kier molecular flexibility index (Phi) is 3.27. The van der Waals surface area contributed by atoms with Crippen LogP contribution in [0.3, 0.4) is 0 Å². The Labute approximate surface area is 106 Å². The van der Waals surface area contributed by atoms with Crippen molar-refractivity contribution in [3.05, 3.63) is 0 Å². The van der Waals surface area contributed by atoms with Gasteiger partial charge in [0, 0.05) is 5.16 Å². The quantitative estimate of drug-likeness (QED) is 0.593. The predicted molar refractivity (Wildman–Crippen MR) is 73.5 cm³/mol. The van der Waals surface area contributed by atoms with E-state index >= 15 is 0 Å². The molecule has 92 valence electrons. The maximum Gasteiger partial charge on any atom is 0.00516 e. The second kappa shape index (κ2) is 4.43. The van der Waals surface area contributed by atoms with Gasteiger partial charge in [-0.1, -0.05) is 24.6 Å². The van der Waals surface area contributed by atoms with E-state index < -0.39 is 0 Å². The molecule has 0 aromatic rings. The largest absolute Gasteiger partial charge is 0.0958 e. The van der Waals surface area contributed by atoms with Gasteiger partial charge in [-0.25, -0.2) is 0 Å². The molecule has 2 heteroatoms. The number of rotatable bonds is 4. The summed E-state index contributed by atoms with van der Waals surface area (Å²) in [7, 11) is -0.188. The molecule has 0 heterocycles. The molecule has 4 aliphatic carbocycles. The normalized spacial score (nSPS) is 47.2. The van der Waals surface area contributed by atoms with E-state index in [4.69, 9.17) is 11.2 Å². The van der Waals surface area contributed by atoms with Gasteiger partial charge in [-0.3, -0.25) is 0 Å². The fraction of sp³-hybridized carbons (Fsp3) is 1.00. The third-order valence-electron chi connectivity index (χ3n) is 5.23. The van der Waals surface area contributed by atoms with Crippen LogP contribution in [-0.2, 0) is 0 Å². The topological polar surface area (TPSA) is 0 Å². The first-order valence-electron chi connectivity index (χ1n) is 7.15. The standard InChI is InChI=1S/C14H24ClP/c1-2-3-4-16(15)14-8-11-5-12(9-14)7-13(6-11)10-14/h11-13H,2-10H2,1H3. The van der Waals surface area contributed by atoms with Crippen LogP contribution in [0.1, 0.15) is 58.3 Å². The monoisotopic (exact) mass is 258 g/mol. The fourth-order valence-electron chi connectivity index (χ4n) is 4.90. The Morgan fingerprint density at radius 1 is 1.06 bits per heavy atom. The van der Waals surface area contributed by atoms with Crippen molar-refractivity contribution in [2.75, 3.05) is 6.16 Å². The minimum absolute atomic E-state index is 0.188. The Morgan fingerprint density at radius 2 is 1.56 bits per heavy atom. The van der Waals surface area contributed by atoms with Gasteiger partial charge < -0.3 is 0 Å².